The van der Waals surface area contributed by atoms with Gasteiger partial charge in [0.25, 0.3) is 0 Å². The third-order valence-electron chi connectivity index (χ3n) is 4.48. The predicted molar refractivity (Wildman–Crippen MR) is 61.8 cm³/mol. The van der Waals surface area contributed by atoms with Crippen LogP contribution < -0.4 is 0 Å². The van der Waals surface area contributed by atoms with Gasteiger partial charge in [-0.25, -0.2) is 0 Å². The molecule has 2 fully saturated rings. The average molecular weight is 209 g/mol. The molecular weight excluding hydrogens is 186 g/mol. The van der Waals surface area contributed by atoms with Gasteiger partial charge in [0.15, 0.2) is 0 Å². The fraction of sp³-hybridized carbons (Fsp3) is 0.923. The Morgan fingerprint density at radius 1 is 1.47 bits per heavy atom. The molecule has 0 bridgehead atoms. The maximum absolute atomic E-state index is 11.4. The summed E-state index contributed by atoms with van der Waals surface area (Å²) < 4.78 is 0. The van der Waals surface area contributed by atoms with Crippen LogP contribution in [0.1, 0.15) is 46.0 Å². The highest BCUT2D eigenvalue weighted by Crippen LogP contribution is 2.44. The molecule has 0 aromatic rings. The van der Waals surface area contributed by atoms with Crippen LogP contribution in [0.2, 0.25) is 0 Å². The van der Waals surface area contributed by atoms with Crippen molar-refractivity contribution in [1.29, 1.82) is 0 Å². The van der Waals surface area contributed by atoms with E-state index in [1.165, 1.54) is 32.2 Å². The molecule has 2 rings (SSSR count). The number of hydrogen-bond acceptors (Lipinski definition) is 2. The molecule has 1 heterocycles. The molecule has 0 aromatic carbocycles. The maximum atomic E-state index is 11.4. The van der Waals surface area contributed by atoms with Crippen LogP contribution in [0.15, 0.2) is 0 Å². The Hall–Kier alpha value is -0.370. The summed E-state index contributed by atoms with van der Waals surface area (Å²) in [7, 11) is 0. The van der Waals surface area contributed by atoms with Gasteiger partial charge in [0.1, 0.15) is 5.78 Å². The highest BCUT2D eigenvalue weighted by molar-refractivity contribution is 5.81. The van der Waals surface area contributed by atoms with Gasteiger partial charge in [-0.15, -0.1) is 0 Å². The summed E-state index contributed by atoms with van der Waals surface area (Å²) in [4.78, 5) is 14.0. The van der Waals surface area contributed by atoms with Crippen LogP contribution in [-0.2, 0) is 4.79 Å². The molecule has 1 aliphatic carbocycles. The number of hydrogen-bond donors (Lipinski definition) is 0. The molecule has 0 N–H and O–H groups in total. The Kier molecular flexibility index (Phi) is 3.15. The first-order valence-electron chi connectivity index (χ1n) is 6.40. The van der Waals surface area contributed by atoms with Gasteiger partial charge in [-0.1, -0.05) is 20.3 Å². The van der Waals surface area contributed by atoms with Gasteiger partial charge < -0.3 is 4.90 Å². The average Bonchev–Trinajstić information content (AvgIpc) is 2.17. The molecule has 0 radical (unpaired) electrons. The summed E-state index contributed by atoms with van der Waals surface area (Å²) in [5.74, 6) is 0.734. The largest absolute Gasteiger partial charge is 0.302 e. The zero-order valence-corrected chi connectivity index (χ0v) is 10.1. The van der Waals surface area contributed by atoms with Crippen molar-refractivity contribution < 1.29 is 4.79 Å². The summed E-state index contributed by atoms with van der Waals surface area (Å²) in [5.41, 5.74) is 0.611. The highest BCUT2D eigenvalue weighted by atomic mass is 16.1. The fourth-order valence-electron chi connectivity index (χ4n) is 3.01. The molecule has 1 atom stereocenters. The zero-order valence-electron chi connectivity index (χ0n) is 10.1. The van der Waals surface area contributed by atoms with E-state index in [0.29, 0.717) is 11.2 Å². The quantitative estimate of drug-likeness (QED) is 0.711. The van der Waals surface area contributed by atoms with Crippen molar-refractivity contribution in [3.63, 3.8) is 0 Å². The van der Waals surface area contributed by atoms with Crippen molar-refractivity contribution in [1.82, 2.24) is 4.90 Å². The lowest BCUT2D eigenvalue weighted by atomic mass is 9.66. The number of likely N-dealkylation sites (tertiary alicyclic amines) is 1. The third-order valence-corrected chi connectivity index (χ3v) is 4.48. The molecule has 0 amide bonds. The minimum atomic E-state index is 0.271. The SMILES string of the molecule is CCC1(CN2CCC(=O)C(C)C2)CCC1. The standard InChI is InChI=1S/C13H23NO/c1-3-13(6-4-7-13)10-14-8-5-12(15)11(2)9-14/h11H,3-10H2,1-2H3. The Morgan fingerprint density at radius 3 is 2.67 bits per heavy atom. The van der Waals surface area contributed by atoms with E-state index in [-0.39, 0.29) is 5.92 Å². The number of carbonyl (C=O) groups excluding carboxylic acids is 1. The van der Waals surface area contributed by atoms with Crippen molar-refractivity contribution >= 4 is 5.78 Å². The van der Waals surface area contributed by atoms with Crippen molar-refractivity contribution in [2.24, 2.45) is 11.3 Å². The van der Waals surface area contributed by atoms with E-state index in [0.717, 1.165) is 19.5 Å². The maximum Gasteiger partial charge on any atom is 0.138 e. The molecule has 2 aliphatic rings. The van der Waals surface area contributed by atoms with E-state index in [9.17, 15) is 4.79 Å². The normalized spacial score (nSPS) is 31.3. The zero-order chi connectivity index (χ0) is 10.9. The van der Waals surface area contributed by atoms with Crippen LogP contribution in [0, 0.1) is 11.3 Å². The molecule has 0 spiro atoms. The van der Waals surface area contributed by atoms with Crippen LogP contribution in [0.25, 0.3) is 0 Å². The van der Waals surface area contributed by atoms with Crippen LogP contribution in [0.4, 0.5) is 0 Å². The Labute approximate surface area is 93.0 Å². The lowest BCUT2D eigenvalue weighted by Crippen LogP contribution is -2.47. The van der Waals surface area contributed by atoms with Gasteiger partial charge in [-0.3, -0.25) is 4.79 Å². The summed E-state index contributed by atoms with van der Waals surface area (Å²) in [6.45, 7) is 7.64. The molecule has 1 saturated heterocycles. The molecule has 1 saturated carbocycles. The van der Waals surface area contributed by atoms with Gasteiger partial charge >= 0.3 is 0 Å². The van der Waals surface area contributed by atoms with Crippen LogP contribution in [0.5, 0.6) is 0 Å². The van der Waals surface area contributed by atoms with Gasteiger partial charge in [0.2, 0.25) is 0 Å². The number of ketones is 1. The van der Waals surface area contributed by atoms with Gasteiger partial charge in [-0.2, -0.15) is 0 Å². The Morgan fingerprint density at radius 2 is 2.20 bits per heavy atom. The molecule has 2 heteroatoms. The molecule has 15 heavy (non-hydrogen) atoms. The van der Waals surface area contributed by atoms with Crippen LogP contribution in [-0.4, -0.2) is 30.3 Å². The lowest BCUT2D eigenvalue weighted by molar-refractivity contribution is -0.126. The van der Waals surface area contributed by atoms with E-state index < -0.39 is 0 Å². The highest BCUT2D eigenvalue weighted by Gasteiger charge is 2.37. The van der Waals surface area contributed by atoms with Crippen molar-refractivity contribution in [2.75, 3.05) is 19.6 Å². The molecule has 0 aromatic heterocycles. The number of carbonyl (C=O) groups is 1. The van der Waals surface area contributed by atoms with E-state index in [4.69, 9.17) is 0 Å². The number of piperidine rings is 1. The van der Waals surface area contributed by atoms with Crippen molar-refractivity contribution in [2.45, 2.75) is 46.0 Å². The van der Waals surface area contributed by atoms with E-state index in [2.05, 4.69) is 18.7 Å². The lowest BCUT2D eigenvalue weighted by Gasteiger charge is -2.46. The Balaban J connectivity index is 1.87. The van der Waals surface area contributed by atoms with E-state index >= 15 is 0 Å². The summed E-state index contributed by atoms with van der Waals surface area (Å²) >= 11 is 0. The van der Waals surface area contributed by atoms with Gasteiger partial charge in [0.05, 0.1) is 0 Å². The minimum Gasteiger partial charge on any atom is -0.302 e. The van der Waals surface area contributed by atoms with Crippen molar-refractivity contribution in [3.05, 3.63) is 0 Å². The smallest absolute Gasteiger partial charge is 0.138 e. The number of rotatable bonds is 3. The van der Waals surface area contributed by atoms with E-state index in [1.54, 1.807) is 0 Å². The summed E-state index contributed by atoms with van der Waals surface area (Å²) in [6, 6.07) is 0. The van der Waals surface area contributed by atoms with Crippen LogP contribution >= 0.6 is 0 Å². The van der Waals surface area contributed by atoms with Crippen LogP contribution in [0.3, 0.4) is 0 Å². The minimum absolute atomic E-state index is 0.271. The Bertz CT molecular complexity index is 239. The third kappa shape index (κ3) is 2.25. The first-order chi connectivity index (χ1) is 7.15. The number of nitrogens with zero attached hydrogens (tertiary/aromatic N) is 1. The summed E-state index contributed by atoms with van der Waals surface area (Å²) in [5, 5.41) is 0. The van der Waals surface area contributed by atoms with Gasteiger partial charge in [0, 0.05) is 32.0 Å². The first-order valence-corrected chi connectivity index (χ1v) is 6.40. The molecule has 2 nitrogen and oxygen atoms in total. The second-order valence-corrected chi connectivity index (χ2v) is 5.56. The first kappa shape index (κ1) is 11.1. The van der Waals surface area contributed by atoms with E-state index in [1.807, 2.05) is 0 Å². The second kappa shape index (κ2) is 4.25. The predicted octanol–water partition coefficient (Wildman–Crippen LogP) is 2.48. The number of Topliss-reactive ketones (excluding diaryl/α,β-unsaturated/α-hetero) is 1. The fourth-order valence-corrected chi connectivity index (χ4v) is 3.01. The van der Waals surface area contributed by atoms with Gasteiger partial charge in [-0.05, 0) is 24.7 Å². The molecule has 86 valence electrons. The second-order valence-electron chi connectivity index (χ2n) is 5.56. The monoisotopic (exact) mass is 209 g/mol. The molecular formula is C13H23NO. The molecule has 1 unspecified atom stereocenters. The summed E-state index contributed by atoms with van der Waals surface area (Å²) in [6.07, 6.45) is 6.31. The molecule has 1 aliphatic heterocycles. The topological polar surface area (TPSA) is 20.3 Å². The van der Waals surface area contributed by atoms with Crippen molar-refractivity contribution in [3.8, 4) is 0 Å².